The van der Waals surface area contributed by atoms with Crippen molar-refractivity contribution in [2.45, 2.75) is 9.79 Å². The summed E-state index contributed by atoms with van der Waals surface area (Å²) < 4.78 is 66.6. The molecule has 0 atom stereocenters. The third-order valence-electron chi connectivity index (χ3n) is 5.27. The quantitative estimate of drug-likeness (QED) is 0.148. The van der Waals surface area contributed by atoms with E-state index in [0.29, 0.717) is 5.69 Å². The van der Waals surface area contributed by atoms with Crippen molar-refractivity contribution in [3.05, 3.63) is 84.4 Å². The summed E-state index contributed by atoms with van der Waals surface area (Å²) in [5.41, 5.74) is 0.470. The summed E-state index contributed by atoms with van der Waals surface area (Å²) in [5, 5.41) is 21.7. The minimum Gasteiger partial charge on any atom is -0.478 e. The molecule has 0 unspecified atom stereocenters. The van der Waals surface area contributed by atoms with Gasteiger partial charge in [0.25, 0.3) is 20.2 Å². The van der Waals surface area contributed by atoms with Gasteiger partial charge in [0.05, 0.1) is 22.6 Å². The Balaban J connectivity index is 1.57. The maximum absolute atomic E-state index is 12.3. The molecule has 0 spiro atoms. The van der Waals surface area contributed by atoms with Crippen LogP contribution in [0, 0.1) is 0 Å². The molecule has 0 radical (unpaired) electrons. The van der Waals surface area contributed by atoms with Gasteiger partial charge in [0.1, 0.15) is 9.79 Å². The van der Waals surface area contributed by atoms with Crippen molar-refractivity contribution in [1.29, 1.82) is 0 Å². The van der Waals surface area contributed by atoms with Crippen LogP contribution < -0.4 is 10.6 Å². The van der Waals surface area contributed by atoms with Crippen LogP contribution in [0.15, 0.2) is 98.9 Å². The Morgan fingerprint density at radius 2 is 1.31 bits per heavy atom. The van der Waals surface area contributed by atoms with Crippen LogP contribution in [0.4, 0.5) is 27.5 Å². The van der Waals surface area contributed by atoms with E-state index >= 15 is 0 Å². The number of hydrogen-bond acceptors (Lipinski definition) is 8. The summed E-state index contributed by atoms with van der Waals surface area (Å²) >= 11 is 0. The number of anilines is 2. The van der Waals surface area contributed by atoms with Crippen molar-refractivity contribution in [1.82, 2.24) is 0 Å². The van der Waals surface area contributed by atoms with Crippen molar-refractivity contribution >= 4 is 65.8 Å². The number of carbonyl (C=O) groups is 2. The molecule has 5 N–H and O–H groups in total. The Morgan fingerprint density at radius 3 is 1.95 bits per heavy atom. The van der Waals surface area contributed by atoms with E-state index in [0.717, 1.165) is 12.1 Å². The summed E-state index contributed by atoms with van der Waals surface area (Å²) in [6.07, 6.45) is 0. The van der Waals surface area contributed by atoms with Crippen molar-refractivity contribution in [3.8, 4) is 0 Å². The molecule has 0 fully saturated rings. The van der Waals surface area contributed by atoms with Crippen LogP contribution in [0.3, 0.4) is 0 Å². The number of hydrogen-bond donors (Lipinski definition) is 5. The number of aromatic carboxylic acids is 1. The molecule has 0 bridgehead atoms. The number of para-hydroxylation sites is 1. The Bertz CT molecular complexity index is 1850. The highest BCUT2D eigenvalue weighted by molar-refractivity contribution is 7.86. The van der Waals surface area contributed by atoms with Gasteiger partial charge in [-0.25, -0.2) is 9.59 Å². The van der Waals surface area contributed by atoms with Gasteiger partial charge in [-0.3, -0.25) is 9.11 Å². The fourth-order valence-electron chi connectivity index (χ4n) is 3.60. The second-order valence-corrected chi connectivity index (χ2v) is 10.7. The molecule has 0 heterocycles. The molecule has 0 aliphatic heterocycles. The first kappa shape index (κ1) is 27.3. The highest BCUT2D eigenvalue weighted by atomic mass is 32.2. The smallest absolute Gasteiger partial charge is 0.337 e. The monoisotopic (exact) mass is 570 g/mol. The van der Waals surface area contributed by atoms with E-state index in [1.165, 1.54) is 60.7 Å². The van der Waals surface area contributed by atoms with E-state index in [1.807, 2.05) is 0 Å². The van der Waals surface area contributed by atoms with Crippen LogP contribution in [0.25, 0.3) is 10.8 Å². The van der Waals surface area contributed by atoms with Gasteiger partial charge in [-0.05, 0) is 54.6 Å². The first-order chi connectivity index (χ1) is 18.3. The average Bonchev–Trinajstić information content (AvgIpc) is 2.86. The Kier molecular flexibility index (Phi) is 7.42. The van der Waals surface area contributed by atoms with Gasteiger partial charge in [0.2, 0.25) is 0 Å². The molecule has 4 rings (SSSR count). The first-order valence-electron chi connectivity index (χ1n) is 10.8. The Labute approximate surface area is 221 Å². The van der Waals surface area contributed by atoms with Gasteiger partial charge in [-0.2, -0.15) is 27.1 Å². The molecule has 39 heavy (non-hydrogen) atoms. The van der Waals surface area contributed by atoms with Crippen molar-refractivity contribution in [3.63, 3.8) is 0 Å². The molecule has 0 aromatic heterocycles. The number of amides is 2. The number of carboxylic acid groups (broad SMARTS) is 1. The summed E-state index contributed by atoms with van der Waals surface area (Å²) in [5.74, 6) is -1.20. The van der Waals surface area contributed by atoms with Crippen LogP contribution in [0.5, 0.6) is 0 Å². The van der Waals surface area contributed by atoms with Crippen LogP contribution in [-0.4, -0.2) is 43.0 Å². The normalized spacial score (nSPS) is 11.9. The zero-order valence-corrected chi connectivity index (χ0v) is 21.1. The van der Waals surface area contributed by atoms with Crippen LogP contribution in [0.1, 0.15) is 10.4 Å². The van der Waals surface area contributed by atoms with E-state index in [-0.39, 0.29) is 33.4 Å². The Morgan fingerprint density at radius 1 is 0.667 bits per heavy atom. The molecule has 4 aromatic carbocycles. The highest BCUT2D eigenvalue weighted by Crippen LogP contribution is 2.33. The second kappa shape index (κ2) is 10.6. The van der Waals surface area contributed by atoms with Crippen molar-refractivity contribution in [2.24, 2.45) is 10.2 Å². The van der Waals surface area contributed by atoms with E-state index in [9.17, 15) is 40.6 Å². The topological polar surface area (TPSA) is 212 Å². The van der Waals surface area contributed by atoms with E-state index in [4.69, 9.17) is 0 Å². The second-order valence-electron chi connectivity index (χ2n) is 7.92. The number of fused-ring (bicyclic) bond motifs is 1. The molecule has 2 amide bonds. The zero-order valence-electron chi connectivity index (χ0n) is 19.5. The lowest BCUT2D eigenvalue weighted by Crippen LogP contribution is -2.20. The molecule has 0 saturated heterocycles. The molecule has 0 saturated carbocycles. The number of rotatable bonds is 7. The van der Waals surface area contributed by atoms with E-state index in [1.54, 1.807) is 6.07 Å². The minimum atomic E-state index is -4.80. The number of carbonyl (C=O) groups excluding carboxylic acids is 1. The molecule has 0 aliphatic carbocycles. The fraction of sp³-hybridized carbons (Fsp3) is 0. The predicted octanol–water partition coefficient (Wildman–Crippen LogP) is 5.09. The van der Waals surface area contributed by atoms with Gasteiger partial charge in [0, 0.05) is 16.5 Å². The maximum atomic E-state index is 12.3. The van der Waals surface area contributed by atoms with Gasteiger partial charge in [0.15, 0.2) is 0 Å². The maximum Gasteiger partial charge on any atom is 0.337 e. The first-order valence-corrected chi connectivity index (χ1v) is 13.6. The third kappa shape index (κ3) is 6.42. The summed E-state index contributed by atoms with van der Waals surface area (Å²) in [6, 6.07) is 16.7. The number of benzene rings is 4. The number of nitrogens with one attached hydrogen (secondary N) is 2. The van der Waals surface area contributed by atoms with Crippen LogP contribution in [-0.2, 0) is 20.2 Å². The molecule has 200 valence electrons. The SMILES string of the molecule is O=C(Nc1ccc(N=Nc2cc(S(=O)(=O)O)c3cccc(S(=O)(=O)O)c3c2)cc1)Nc1ccccc1C(=O)O. The van der Waals surface area contributed by atoms with Gasteiger partial charge < -0.3 is 15.7 Å². The summed E-state index contributed by atoms with van der Waals surface area (Å²) in [7, 11) is -9.54. The summed E-state index contributed by atoms with van der Waals surface area (Å²) in [6.45, 7) is 0. The molecule has 15 heteroatoms. The number of azo groups is 1. The lowest BCUT2D eigenvalue weighted by Gasteiger charge is -2.10. The molecule has 13 nitrogen and oxygen atoms in total. The van der Waals surface area contributed by atoms with Gasteiger partial charge in [-0.15, -0.1) is 0 Å². The van der Waals surface area contributed by atoms with Crippen molar-refractivity contribution in [2.75, 3.05) is 10.6 Å². The van der Waals surface area contributed by atoms with Gasteiger partial charge >= 0.3 is 12.0 Å². The largest absolute Gasteiger partial charge is 0.478 e. The molecule has 0 aliphatic rings. The molecule has 4 aromatic rings. The Hall–Kier alpha value is -4.70. The predicted molar refractivity (Wildman–Crippen MR) is 140 cm³/mol. The van der Waals surface area contributed by atoms with Crippen LogP contribution in [0.2, 0.25) is 0 Å². The number of nitrogens with zero attached hydrogens (tertiary/aromatic N) is 2. The van der Waals surface area contributed by atoms with E-state index in [2.05, 4.69) is 20.9 Å². The third-order valence-corrected chi connectivity index (χ3v) is 7.08. The van der Waals surface area contributed by atoms with Gasteiger partial charge in [-0.1, -0.05) is 24.3 Å². The van der Waals surface area contributed by atoms with Crippen molar-refractivity contribution < 1.29 is 40.6 Å². The standard InChI is InChI=1S/C24H18N4O9S2/c29-23(30)18-4-1-2-6-20(18)26-24(31)25-14-8-10-15(11-9-14)27-28-16-12-19-17(22(13-16)39(35,36)37)5-3-7-21(19)38(32,33)34/h1-13H,(H,29,30)(H2,25,26,31)(H,32,33,34)(H,35,36,37). The van der Waals surface area contributed by atoms with E-state index < -0.39 is 42.0 Å². The number of carboxylic acids is 1. The average molecular weight is 571 g/mol. The lowest BCUT2D eigenvalue weighted by molar-refractivity contribution is 0.0698. The lowest BCUT2D eigenvalue weighted by atomic mass is 10.1. The minimum absolute atomic E-state index is 0.0852. The summed E-state index contributed by atoms with van der Waals surface area (Å²) in [4.78, 5) is 22.4. The molecular weight excluding hydrogens is 552 g/mol. The molecular formula is C24H18N4O9S2. The zero-order chi connectivity index (χ0) is 28.4. The number of urea groups is 1. The van der Waals surface area contributed by atoms with Crippen LogP contribution >= 0.6 is 0 Å². The fourth-order valence-corrected chi connectivity index (χ4v) is 5.02. The highest BCUT2D eigenvalue weighted by Gasteiger charge is 2.21.